The Morgan fingerprint density at radius 3 is 2.89 bits per heavy atom. The molecule has 106 valence electrons. The van der Waals surface area contributed by atoms with Crippen molar-refractivity contribution < 1.29 is 9.47 Å². The molecule has 1 aliphatic heterocycles. The Morgan fingerprint density at radius 1 is 1.44 bits per heavy atom. The molecule has 2 rings (SSSR count). The normalized spacial score (nSPS) is 28.0. The van der Waals surface area contributed by atoms with Crippen molar-refractivity contribution >= 4 is 0 Å². The van der Waals surface area contributed by atoms with Crippen molar-refractivity contribution in [1.82, 2.24) is 5.32 Å². The highest BCUT2D eigenvalue weighted by Gasteiger charge is 2.44. The SMILES string of the molecule is CCCNC(CCOC)C1CCOC2(CCC2)C1. The van der Waals surface area contributed by atoms with Crippen LogP contribution in [-0.2, 0) is 9.47 Å². The van der Waals surface area contributed by atoms with E-state index in [2.05, 4.69) is 12.2 Å². The molecule has 0 aromatic carbocycles. The Hall–Kier alpha value is -0.120. The van der Waals surface area contributed by atoms with Crippen molar-refractivity contribution in [3.8, 4) is 0 Å². The Morgan fingerprint density at radius 2 is 2.28 bits per heavy atom. The molecule has 3 heteroatoms. The van der Waals surface area contributed by atoms with Crippen molar-refractivity contribution in [2.24, 2.45) is 5.92 Å². The predicted molar refractivity (Wildman–Crippen MR) is 73.8 cm³/mol. The molecule has 3 nitrogen and oxygen atoms in total. The Bertz CT molecular complexity index is 233. The molecular formula is C15H29NO2. The van der Waals surface area contributed by atoms with Crippen LogP contribution in [0.4, 0.5) is 0 Å². The van der Waals surface area contributed by atoms with Crippen molar-refractivity contribution in [3.63, 3.8) is 0 Å². The van der Waals surface area contributed by atoms with E-state index in [1.807, 2.05) is 0 Å². The molecule has 1 saturated carbocycles. The highest BCUT2D eigenvalue weighted by atomic mass is 16.5. The first-order valence-electron chi connectivity index (χ1n) is 7.66. The quantitative estimate of drug-likeness (QED) is 0.759. The first-order chi connectivity index (χ1) is 8.79. The third-order valence-electron chi connectivity index (χ3n) is 4.65. The van der Waals surface area contributed by atoms with Crippen LogP contribution < -0.4 is 5.32 Å². The molecule has 1 N–H and O–H groups in total. The van der Waals surface area contributed by atoms with E-state index in [-0.39, 0.29) is 5.60 Å². The summed E-state index contributed by atoms with van der Waals surface area (Å²) in [6.45, 7) is 5.18. The van der Waals surface area contributed by atoms with Gasteiger partial charge in [0.15, 0.2) is 0 Å². The molecule has 0 aromatic heterocycles. The van der Waals surface area contributed by atoms with Gasteiger partial charge in [-0.25, -0.2) is 0 Å². The Labute approximate surface area is 112 Å². The third kappa shape index (κ3) is 3.46. The summed E-state index contributed by atoms with van der Waals surface area (Å²) in [7, 11) is 1.80. The van der Waals surface area contributed by atoms with Crippen molar-refractivity contribution in [3.05, 3.63) is 0 Å². The van der Waals surface area contributed by atoms with E-state index in [4.69, 9.17) is 9.47 Å². The molecule has 0 amide bonds. The van der Waals surface area contributed by atoms with E-state index < -0.39 is 0 Å². The van der Waals surface area contributed by atoms with Gasteiger partial charge in [0.05, 0.1) is 5.60 Å². The van der Waals surface area contributed by atoms with Gasteiger partial charge >= 0.3 is 0 Å². The summed E-state index contributed by atoms with van der Waals surface area (Å²) in [4.78, 5) is 0. The van der Waals surface area contributed by atoms with Crippen LogP contribution in [0.25, 0.3) is 0 Å². The van der Waals surface area contributed by atoms with E-state index in [1.165, 1.54) is 38.5 Å². The van der Waals surface area contributed by atoms with E-state index >= 15 is 0 Å². The summed E-state index contributed by atoms with van der Waals surface area (Å²) < 4.78 is 11.3. The summed E-state index contributed by atoms with van der Waals surface area (Å²) in [6.07, 6.45) is 8.75. The average molecular weight is 255 g/mol. The zero-order valence-corrected chi connectivity index (χ0v) is 12.0. The Kier molecular flexibility index (Phi) is 5.46. The van der Waals surface area contributed by atoms with Gasteiger partial charge in [-0.3, -0.25) is 0 Å². The third-order valence-corrected chi connectivity index (χ3v) is 4.65. The van der Waals surface area contributed by atoms with Crippen LogP contribution in [0.2, 0.25) is 0 Å². The van der Waals surface area contributed by atoms with E-state index in [1.54, 1.807) is 7.11 Å². The molecule has 2 aliphatic rings. The van der Waals surface area contributed by atoms with Crippen LogP contribution in [0.1, 0.15) is 51.9 Å². The second kappa shape index (κ2) is 6.88. The molecule has 0 radical (unpaired) electrons. The number of methoxy groups -OCH3 is 1. The highest BCUT2D eigenvalue weighted by Crippen LogP contribution is 2.45. The standard InChI is InChI=1S/C15H29NO2/c1-3-9-16-14(6-10-17-2)13-5-11-18-15(12-13)7-4-8-15/h13-14,16H,3-12H2,1-2H3. The first-order valence-corrected chi connectivity index (χ1v) is 7.66. The van der Waals surface area contributed by atoms with E-state index in [0.717, 1.165) is 32.1 Å². The van der Waals surface area contributed by atoms with Crippen LogP contribution in [-0.4, -0.2) is 38.5 Å². The smallest absolute Gasteiger partial charge is 0.0685 e. The molecule has 0 bridgehead atoms. The molecule has 1 saturated heterocycles. The molecule has 18 heavy (non-hydrogen) atoms. The monoisotopic (exact) mass is 255 g/mol. The summed E-state index contributed by atoms with van der Waals surface area (Å²) >= 11 is 0. The average Bonchev–Trinajstić information content (AvgIpc) is 2.37. The number of rotatable bonds is 7. The summed E-state index contributed by atoms with van der Waals surface area (Å²) in [5, 5.41) is 3.72. The van der Waals surface area contributed by atoms with Crippen LogP contribution in [0.5, 0.6) is 0 Å². The van der Waals surface area contributed by atoms with Gasteiger partial charge in [0.2, 0.25) is 0 Å². The highest BCUT2D eigenvalue weighted by molar-refractivity contribution is 4.96. The van der Waals surface area contributed by atoms with Crippen molar-refractivity contribution in [2.45, 2.75) is 63.5 Å². The van der Waals surface area contributed by atoms with E-state index in [9.17, 15) is 0 Å². The molecule has 0 aromatic rings. The molecular weight excluding hydrogens is 226 g/mol. The second-order valence-corrected chi connectivity index (χ2v) is 5.98. The van der Waals surface area contributed by atoms with Gasteiger partial charge in [-0.15, -0.1) is 0 Å². The number of hydrogen-bond donors (Lipinski definition) is 1. The predicted octanol–water partition coefficient (Wildman–Crippen LogP) is 2.74. The lowest BCUT2D eigenvalue weighted by molar-refractivity contribution is -0.147. The fourth-order valence-electron chi connectivity index (χ4n) is 3.41. The van der Waals surface area contributed by atoms with Crippen molar-refractivity contribution in [1.29, 1.82) is 0 Å². The fraction of sp³-hybridized carbons (Fsp3) is 1.00. The maximum atomic E-state index is 6.03. The van der Waals surface area contributed by atoms with Crippen LogP contribution in [0.15, 0.2) is 0 Å². The fourth-order valence-corrected chi connectivity index (χ4v) is 3.41. The summed E-state index contributed by atoms with van der Waals surface area (Å²) in [5.41, 5.74) is 0.266. The molecule has 1 heterocycles. The number of nitrogens with one attached hydrogen (secondary N) is 1. The lowest BCUT2D eigenvalue weighted by atomic mass is 9.70. The molecule has 2 atom stereocenters. The first kappa shape index (κ1) is 14.3. The van der Waals surface area contributed by atoms with Gasteiger partial charge in [-0.2, -0.15) is 0 Å². The van der Waals surface area contributed by atoms with Gasteiger partial charge in [-0.05, 0) is 57.4 Å². The summed E-state index contributed by atoms with van der Waals surface area (Å²) in [6, 6.07) is 0.617. The summed E-state index contributed by atoms with van der Waals surface area (Å²) in [5.74, 6) is 0.778. The van der Waals surface area contributed by atoms with Gasteiger partial charge in [0, 0.05) is 26.4 Å². The Balaban J connectivity index is 1.86. The van der Waals surface area contributed by atoms with Gasteiger partial charge in [-0.1, -0.05) is 6.92 Å². The minimum Gasteiger partial charge on any atom is -0.385 e. The van der Waals surface area contributed by atoms with Crippen LogP contribution >= 0.6 is 0 Å². The van der Waals surface area contributed by atoms with Gasteiger partial charge < -0.3 is 14.8 Å². The van der Waals surface area contributed by atoms with Gasteiger partial charge in [0.25, 0.3) is 0 Å². The minimum absolute atomic E-state index is 0.266. The maximum Gasteiger partial charge on any atom is 0.0685 e. The maximum absolute atomic E-state index is 6.03. The topological polar surface area (TPSA) is 30.5 Å². The van der Waals surface area contributed by atoms with Gasteiger partial charge in [0.1, 0.15) is 0 Å². The zero-order chi connectivity index (χ0) is 12.8. The second-order valence-electron chi connectivity index (χ2n) is 5.98. The van der Waals surface area contributed by atoms with Crippen LogP contribution in [0, 0.1) is 5.92 Å². The molecule has 2 fully saturated rings. The largest absolute Gasteiger partial charge is 0.385 e. The number of hydrogen-bond acceptors (Lipinski definition) is 3. The van der Waals surface area contributed by atoms with Crippen LogP contribution in [0.3, 0.4) is 0 Å². The molecule has 1 aliphatic carbocycles. The molecule has 1 spiro atoms. The van der Waals surface area contributed by atoms with Crippen molar-refractivity contribution in [2.75, 3.05) is 26.9 Å². The lowest BCUT2D eigenvalue weighted by Crippen LogP contribution is -2.50. The zero-order valence-electron chi connectivity index (χ0n) is 12.0. The molecule has 2 unspecified atom stereocenters. The lowest BCUT2D eigenvalue weighted by Gasteiger charge is -2.49. The minimum atomic E-state index is 0.266. The van der Waals surface area contributed by atoms with E-state index in [0.29, 0.717) is 6.04 Å². The number of ether oxygens (including phenoxy) is 2.